The maximum atomic E-state index is 11.9. The highest BCUT2D eigenvalue weighted by molar-refractivity contribution is 7.91. The zero-order valence-corrected chi connectivity index (χ0v) is 12.5. The molecular weight excluding hydrogens is 284 g/mol. The van der Waals surface area contributed by atoms with Crippen LogP contribution in [0.1, 0.15) is 19.8 Å². The van der Waals surface area contributed by atoms with Crippen molar-refractivity contribution in [1.29, 1.82) is 0 Å². The fourth-order valence-corrected chi connectivity index (χ4v) is 4.03. The summed E-state index contributed by atoms with van der Waals surface area (Å²) >= 11 is 1.14. The minimum absolute atomic E-state index is 0.146. The van der Waals surface area contributed by atoms with Crippen LogP contribution in [0.25, 0.3) is 0 Å². The summed E-state index contributed by atoms with van der Waals surface area (Å²) in [5, 5.41) is 1.70. The molecule has 1 amide bonds. The van der Waals surface area contributed by atoms with Crippen molar-refractivity contribution in [3.05, 3.63) is 17.5 Å². The van der Waals surface area contributed by atoms with Crippen molar-refractivity contribution in [1.82, 2.24) is 9.62 Å². The molecule has 0 spiro atoms. The lowest BCUT2D eigenvalue weighted by Gasteiger charge is -2.30. The third-order valence-corrected chi connectivity index (χ3v) is 6.11. The molecule has 0 aliphatic carbocycles. The van der Waals surface area contributed by atoms with E-state index in [2.05, 4.69) is 11.6 Å². The van der Waals surface area contributed by atoms with Crippen LogP contribution in [0.15, 0.2) is 21.7 Å². The molecule has 1 aromatic rings. The summed E-state index contributed by atoms with van der Waals surface area (Å²) in [7, 11) is -3.54. The number of nitrogens with one attached hydrogen (secondary N) is 1. The summed E-state index contributed by atoms with van der Waals surface area (Å²) < 4.78 is 26.3. The van der Waals surface area contributed by atoms with E-state index in [9.17, 15) is 13.2 Å². The van der Waals surface area contributed by atoms with Gasteiger partial charge in [0.05, 0.1) is 6.54 Å². The third-order valence-electron chi connectivity index (χ3n) is 3.31. The molecule has 19 heavy (non-hydrogen) atoms. The first-order valence-electron chi connectivity index (χ1n) is 6.30. The Hall–Kier alpha value is -0.920. The number of likely N-dealkylation sites (tertiary alicyclic amines) is 1. The number of piperidine rings is 1. The molecule has 0 aromatic carbocycles. The van der Waals surface area contributed by atoms with E-state index in [1.165, 1.54) is 6.07 Å². The Morgan fingerprint density at radius 2 is 2.16 bits per heavy atom. The van der Waals surface area contributed by atoms with Gasteiger partial charge in [0.2, 0.25) is 5.91 Å². The Balaban J connectivity index is 1.87. The fourth-order valence-electron chi connectivity index (χ4n) is 2.01. The monoisotopic (exact) mass is 302 g/mol. The average molecular weight is 302 g/mol. The van der Waals surface area contributed by atoms with Crippen LogP contribution in [0, 0.1) is 5.92 Å². The van der Waals surface area contributed by atoms with Gasteiger partial charge in [0, 0.05) is 13.1 Å². The van der Waals surface area contributed by atoms with Crippen LogP contribution in [-0.2, 0) is 14.8 Å². The molecule has 1 saturated heterocycles. The van der Waals surface area contributed by atoms with Crippen LogP contribution < -0.4 is 4.72 Å². The van der Waals surface area contributed by atoms with Gasteiger partial charge in [-0.1, -0.05) is 13.0 Å². The Morgan fingerprint density at radius 3 is 2.74 bits per heavy atom. The molecule has 7 heteroatoms. The van der Waals surface area contributed by atoms with Gasteiger partial charge in [0.1, 0.15) is 4.21 Å². The quantitative estimate of drug-likeness (QED) is 0.911. The average Bonchev–Trinajstić information content (AvgIpc) is 2.91. The van der Waals surface area contributed by atoms with Gasteiger partial charge in [-0.05, 0) is 30.2 Å². The molecular formula is C12H18N2O3S2. The first-order valence-corrected chi connectivity index (χ1v) is 8.66. The van der Waals surface area contributed by atoms with E-state index in [1.807, 2.05) is 0 Å². The van der Waals surface area contributed by atoms with Crippen molar-refractivity contribution in [3.63, 3.8) is 0 Å². The van der Waals surface area contributed by atoms with Crippen molar-refractivity contribution in [2.75, 3.05) is 19.6 Å². The lowest BCUT2D eigenvalue weighted by atomic mass is 9.99. The number of hydrogen-bond acceptors (Lipinski definition) is 4. The minimum Gasteiger partial charge on any atom is -0.342 e. The van der Waals surface area contributed by atoms with Gasteiger partial charge in [-0.25, -0.2) is 13.1 Å². The van der Waals surface area contributed by atoms with Crippen LogP contribution in [0.2, 0.25) is 0 Å². The Labute approximate surface area is 117 Å². The van der Waals surface area contributed by atoms with Crippen LogP contribution in [-0.4, -0.2) is 38.9 Å². The number of carbonyl (C=O) groups excluding carboxylic acids is 1. The normalized spacial score (nSPS) is 17.6. The van der Waals surface area contributed by atoms with E-state index >= 15 is 0 Å². The lowest BCUT2D eigenvalue weighted by molar-refractivity contribution is -0.131. The van der Waals surface area contributed by atoms with Gasteiger partial charge in [-0.2, -0.15) is 0 Å². The molecule has 0 radical (unpaired) electrons. The second kappa shape index (κ2) is 6.02. The van der Waals surface area contributed by atoms with Crippen LogP contribution in [0.3, 0.4) is 0 Å². The van der Waals surface area contributed by atoms with Gasteiger partial charge in [-0.15, -0.1) is 11.3 Å². The molecule has 2 heterocycles. The van der Waals surface area contributed by atoms with Crippen molar-refractivity contribution >= 4 is 27.3 Å². The van der Waals surface area contributed by atoms with Crippen LogP contribution >= 0.6 is 11.3 Å². The molecule has 1 aliphatic rings. The molecule has 0 unspecified atom stereocenters. The SMILES string of the molecule is CC1CCN(C(=O)CNS(=O)(=O)c2cccs2)CC1. The van der Waals surface area contributed by atoms with E-state index < -0.39 is 10.0 Å². The predicted octanol–water partition coefficient (Wildman–Crippen LogP) is 1.28. The smallest absolute Gasteiger partial charge is 0.250 e. The number of nitrogens with zero attached hydrogens (tertiary/aromatic N) is 1. The Morgan fingerprint density at radius 1 is 1.47 bits per heavy atom. The summed E-state index contributed by atoms with van der Waals surface area (Å²) in [6.07, 6.45) is 1.98. The van der Waals surface area contributed by atoms with E-state index in [-0.39, 0.29) is 16.7 Å². The number of hydrogen-bond donors (Lipinski definition) is 1. The highest BCUT2D eigenvalue weighted by Gasteiger charge is 2.22. The first-order chi connectivity index (χ1) is 8.99. The zero-order valence-electron chi connectivity index (χ0n) is 10.8. The summed E-state index contributed by atoms with van der Waals surface area (Å²) in [4.78, 5) is 13.7. The fraction of sp³-hybridized carbons (Fsp3) is 0.583. The van der Waals surface area contributed by atoms with Crippen molar-refractivity contribution < 1.29 is 13.2 Å². The molecule has 106 valence electrons. The largest absolute Gasteiger partial charge is 0.342 e. The molecule has 1 fully saturated rings. The number of thiophene rings is 1. The standard InChI is InChI=1S/C12H18N2O3S2/c1-10-4-6-14(7-5-10)11(15)9-13-19(16,17)12-3-2-8-18-12/h2-3,8,10,13H,4-7,9H2,1H3. The molecule has 2 rings (SSSR count). The topological polar surface area (TPSA) is 66.5 Å². The second-order valence-electron chi connectivity index (χ2n) is 4.82. The van der Waals surface area contributed by atoms with Crippen molar-refractivity contribution in [2.24, 2.45) is 5.92 Å². The maximum Gasteiger partial charge on any atom is 0.250 e. The predicted molar refractivity (Wildman–Crippen MR) is 74.5 cm³/mol. The van der Waals surface area contributed by atoms with Gasteiger partial charge in [0.15, 0.2) is 0 Å². The molecule has 0 saturated carbocycles. The van der Waals surface area contributed by atoms with E-state index in [1.54, 1.807) is 16.3 Å². The molecule has 1 N–H and O–H groups in total. The molecule has 0 bridgehead atoms. The number of sulfonamides is 1. The lowest BCUT2D eigenvalue weighted by Crippen LogP contribution is -2.43. The van der Waals surface area contributed by atoms with Gasteiger partial charge in [-0.3, -0.25) is 4.79 Å². The van der Waals surface area contributed by atoms with Gasteiger partial charge < -0.3 is 4.90 Å². The number of amides is 1. The second-order valence-corrected chi connectivity index (χ2v) is 7.76. The first kappa shape index (κ1) is 14.5. The number of rotatable bonds is 4. The maximum absolute atomic E-state index is 11.9. The number of carbonyl (C=O) groups is 1. The summed E-state index contributed by atoms with van der Waals surface area (Å²) in [6, 6.07) is 3.20. The minimum atomic E-state index is -3.54. The third kappa shape index (κ3) is 3.77. The molecule has 5 nitrogen and oxygen atoms in total. The Kier molecular flexibility index (Phi) is 4.59. The van der Waals surface area contributed by atoms with E-state index in [0.717, 1.165) is 37.3 Å². The van der Waals surface area contributed by atoms with E-state index in [4.69, 9.17) is 0 Å². The van der Waals surface area contributed by atoms with E-state index in [0.29, 0.717) is 5.92 Å². The van der Waals surface area contributed by atoms with Crippen LogP contribution in [0.4, 0.5) is 0 Å². The van der Waals surface area contributed by atoms with Crippen LogP contribution in [0.5, 0.6) is 0 Å². The summed E-state index contributed by atoms with van der Waals surface area (Å²) in [5.74, 6) is 0.499. The van der Waals surface area contributed by atoms with Gasteiger partial charge in [0.25, 0.3) is 10.0 Å². The van der Waals surface area contributed by atoms with Gasteiger partial charge >= 0.3 is 0 Å². The molecule has 0 atom stereocenters. The van der Waals surface area contributed by atoms with Crippen molar-refractivity contribution in [2.45, 2.75) is 24.0 Å². The summed E-state index contributed by atoms with van der Waals surface area (Å²) in [6.45, 7) is 3.46. The highest BCUT2D eigenvalue weighted by Crippen LogP contribution is 2.17. The molecule has 1 aromatic heterocycles. The summed E-state index contributed by atoms with van der Waals surface area (Å²) in [5.41, 5.74) is 0. The highest BCUT2D eigenvalue weighted by atomic mass is 32.2. The van der Waals surface area contributed by atoms with Crippen molar-refractivity contribution in [3.8, 4) is 0 Å². The zero-order chi connectivity index (χ0) is 13.9. The Bertz CT molecular complexity index is 517. The molecule has 1 aliphatic heterocycles.